The Labute approximate surface area is 114 Å². The van der Waals surface area contributed by atoms with E-state index in [1.165, 1.54) is 0 Å². The zero-order chi connectivity index (χ0) is 13.4. The number of tetrazole rings is 1. The van der Waals surface area contributed by atoms with E-state index in [0.29, 0.717) is 0 Å². The fourth-order valence-electron chi connectivity index (χ4n) is 2.38. The van der Waals surface area contributed by atoms with E-state index in [4.69, 9.17) is 0 Å². The third-order valence-electron chi connectivity index (χ3n) is 3.31. The number of hydrogen-bond acceptors (Lipinski definition) is 3. The molecule has 0 aliphatic heterocycles. The van der Waals surface area contributed by atoms with Crippen molar-refractivity contribution < 1.29 is 0 Å². The summed E-state index contributed by atoms with van der Waals surface area (Å²) in [5.74, 6) is 0.737. The molecule has 2 aromatic carbocycles. The number of fused-ring (bicyclic) bond motifs is 1. The van der Waals surface area contributed by atoms with Crippen LogP contribution in [0.1, 0.15) is 0 Å². The molecule has 96 valence electrons. The van der Waals surface area contributed by atoms with E-state index >= 15 is 0 Å². The van der Waals surface area contributed by atoms with Crippen LogP contribution in [-0.2, 0) is 0 Å². The van der Waals surface area contributed by atoms with E-state index in [1.54, 1.807) is 4.68 Å². The molecule has 0 radical (unpaired) electrons. The lowest BCUT2D eigenvalue weighted by Gasteiger charge is -2.05. The van der Waals surface area contributed by atoms with Crippen LogP contribution in [-0.4, -0.2) is 25.2 Å². The van der Waals surface area contributed by atoms with Gasteiger partial charge in [0, 0.05) is 22.7 Å². The SMILES string of the molecule is c1ccc(-n2nnnc2-c2cccc3[nH]ccc23)cc1. The molecule has 0 aliphatic rings. The van der Waals surface area contributed by atoms with Crippen LogP contribution in [0.3, 0.4) is 0 Å². The summed E-state index contributed by atoms with van der Waals surface area (Å²) in [7, 11) is 0. The van der Waals surface area contributed by atoms with Crippen molar-refractivity contribution in [3.63, 3.8) is 0 Å². The largest absolute Gasteiger partial charge is 0.361 e. The maximum absolute atomic E-state index is 4.18. The number of benzene rings is 2. The fourth-order valence-corrected chi connectivity index (χ4v) is 2.38. The summed E-state index contributed by atoms with van der Waals surface area (Å²) < 4.78 is 1.75. The van der Waals surface area contributed by atoms with Gasteiger partial charge in [-0.1, -0.05) is 30.3 Å². The summed E-state index contributed by atoms with van der Waals surface area (Å²) in [6.45, 7) is 0. The molecule has 0 fully saturated rings. The Hall–Kier alpha value is -2.95. The zero-order valence-corrected chi connectivity index (χ0v) is 10.6. The summed E-state index contributed by atoms with van der Waals surface area (Å²) in [6.07, 6.45) is 1.92. The lowest BCUT2D eigenvalue weighted by atomic mass is 10.1. The molecule has 20 heavy (non-hydrogen) atoms. The Morgan fingerprint density at radius 1 is 0.900 bits per heavy atom. The van der Waals surface area contributed by atoms with Crippen LogP contribution in [0.5, 0.6) is 0 Å². The number of para-hydroxylation sites is 1. The van der Waals surface area contributed by atoms with Gasteiger partial charge in [-0.15, -0.1) is 5.10 Å². The molecular weight excluding hydrogens is 250 g/mol. The topological polar surface area (TPSA) is 59.4 Å². The second-order valence-corrected chi connectivity index (χ2v) is 4.49. The van der Waals surface area contributed by atoms with Gasteiger partial charge >= 0.3 is 0 Å². The van der Waals surface area contributed by atoms with Crippen molar-refractivity contribution in [2.75, 3.05) is 0 Å². The molecule has 4 rings (SSSR count). The highest BCUT2D eigenvalue weighted by Gasteiger charge is 2.13. The third-order valence-corrected chi connectivity index (χ3v) is 3.31. The van der Waals surface area contributed by atoms with E-state index in [1.807, 2.05) is 60.8 Å². The maximum atomic E-state index is 4.18. The second kappa shape index (κ2) is 4.31. The smallest absolute Gasteiger partial charge is 0.187 e. The van der Waals surface area contributed by atoms with Crippen LogP contribution in [0.4, 0.5) is 0 Å². The first-order valence-electron chi connectivity index (χ1n) is 6.34. The average molecular weight is 261 g/mol. The number of rotatable bonds is 2. The van der Waals surface area contributed by atoms with Crippen molar-refractivity contribution in [3.05, 3.63) is 60.8 Å². The third kappa shape index (κ3) is 1.60. The predicted octanol–water partition coefficient (Wildman–Crippen LogP) is 2.81. The highest BCUT2D eigenvalue weighted by atomic mass is 15.5. The van der Waals surface area contributed by atoms with E-state index in [2.05, 4.69) is 20.5 Å². The second-order valence-electron chi connectivity index (χ2n) is 4.49. The molecular formula is C15H11N5. The summed E-state index contributed by atoms with van der Waals surface area (Å²) in [5, 5.41) is 13.2. The molecule has 0 saturated carbocycles. The molecule has 0 bridgehead atoms. The summed E-state index contributed by atoms with van der Waals surface area (Å²) in [5.41, 5.74) is 3.03. The first-order valence-corrected chi connectivity index (χ1v) is 6.34. The molecule has 2 aromatic heterocycles. The summed E-state index contributed by atoms with van der Waals surface area (Å²) in [6, 6.07) is 18.0. The van der Waals surface area contributed by atoms with E-state index < -0.39 is 0 Å². The van der Waals surface area contributed by atoms with Crippen molar-refractivity contribution in [2.24, 2.45) is 0 Å². The molecule has 5 heteroatoms. The average Bonchev–Trinajstić information content (AvgIpc) is 3.16. The van der Waals surface area contributed by atoms with Crippen molar-refractivity contribution in [1.82, 2.24) is 25.2 Å². The van der Waals surface area contributed by atoms with Crippen molar-refractivity contribution in [3.8, 4) is 17.1 Å². The minimum atomic E-state index is 0.737. The molecule has 0 aliphatic carbocycles. The number of hydrogen-bond donors (Lipinski definition) is 1. The Balaban J connectivity index is 1.96. The predicted molar refractivity (Wildman–Crippen MR) is 76.4 cm³/mol. The fraction of sp³-hybridized carbons (Fsp3) is 0. The number of aromatic amines is 1. The van der Waals surface area contributed by atoms with Gasteiger partial charge in [-0.25, -0.2) is 0 Å². The van der Waals surface area contributed by atoms with Gasteiger partial charge in [0.15, 0.2) is 5.82 Å². The molecule has 4 aromatic rings. The Morgan fingerprint density at radius 3 is 2.70 bits per heavy atom. The number of nitrogens with one attached hydrogen (secondary N) is 1. The Morgan fingerprint density at radius 2 is 1.80 bits per heavy atom. The molecule has 5 nitrogen and oxygen atoms in total. The van der Waals surface area contributed by atoms with Crippen molar-refractivity contribution in [2.45, 2.75) is 0 Å². The quantitative estimate of drug-likeness (QED) is 0.603. The first kappa shape index (κ1) is 10.9. The minimum Gasteiger partial charge on any atom is -0.361 e. The molecule has 0 amide bonds. The molecule has 0 spiro atoms. The van der Waals surface area contributed by atoms with Gasteiger partial charge in [0.25, 0.3) is 0 Å². The number of H-pyrrole nitrogens is 1. The van der Waals surface area contributed by atoms with Gasteiger partial charge < -0.3 is 4.98 Å². The number of nitrogens with zero attached hydrogens (tertiary/aromatic N) is 4. The van der Waals surface area contributed by atoms with Gasteiger partial charge in [-0.05, 0) is 34.7 Å². The van der Waals surface area contributed by atoms with E-state index in [0.717, 1.165) is 28.0 Å². The summed E-state index contributed by atoms with van der Waals surface area (Å²) >= 11 is 0. The van der Waals surface area contributed by atoms with Crippen LogP contribution in [0.2, 0.25) is 0 Å². The molecule has 1 N–H and O–H groups in total. The zero-order valence-electron chi connectivity index (χ0n) is 10.6. The monoisotopic (exact) mass is 261 g/mol. The first-order chi connectivity index (χ1) is 9.93. The Bertz CT molecular complexity index is 860. The van der Waals surface area contributed by atoms with Crippen molar-refractivity contribution in [1.29, 1.82) is 0 Å². The molecule has 0 saturated heterocycles. The summed E-state index contributed by atoms with van der Waals surface area (Å²) in [4.78, 5) is 3.20. The highest BCUT2D eigenvalue weighted by molar-refractivity contribution is 5.93. The van der Waals surface area contributed by atoms with Gasteiger partial charge in [0.05, 0.1) is 5.69 Å². The van der Waals surface area contributed by atoms with Gasteiger partial charge in [-0.2, -0.15) is 4.68 Å². The number of aromatic nitrogens is 5. The lowest BCUT2D eigenvalue weighted by Crippen LogP contribution is -1.99. The Kier molecular flexibility index (Phi) is 2.35. The van der Waals surface area contributed by atoms with Crippen molar-refractivity contribution >= 4 is 10.9 Å². The lowest BCUT2D eigenvalue weighted by molar-refractivity contribution is 0.791. The molecule has 0 atom stereocenters. The van der Waals surface area contributed by atoms with E-state index in [9.17, 15) is 0 Å². The van der Waals surface area contributed by atoms with E-state index in [-0.39, 0.29) is 0 Å². The highest BCUT2D eigenvalue weighted by Crippen LogP contribution is 2.27. The molecule has 0 unspecified atom stereocenters. The minimum absolute atomic E-state index is 0.737. The van der Waals surface area contributed by atoms with Crippen LogP contribution in [0, 0.1) is 0 Å². The maximum Gasteiger partial charge on any atom is 0.187 e. The van der Waals surface area contributed by atoms with Gasteiger partial charge in [-0.3, -0.25) is 0 Å². The van der Waals surface area contributed by atoms with Crippen LogP contribution in [0.15, 0.2) is 60.8 Å². The van der Waals surface area contributed by atoms with Crippen LogP contribution in [0.25, 0.3) is 28.0 Å². The standard InChI is InChI=1S/C15H11N5/c1-2-5-11(6-3-1)20-15(17-18-19-20)13-7-4-8-14-12(13)9-10-16-14/h1-10,16H. The van der Waals surface area contributed by atoms with Crippen LogP contribution >= 0.6 is 0 Å². The normalized spacial score (nSPS) is 11.0. The van der Waals surface area contributed by atoms with Gasteiger partial charge in [0.1, 0.15) is 0 Å². The van der Waals surface area contributed by atoms with Gasteiger partial charge in [0.2, 0.25) is 0 Å². The molecule has 2 heterocycles. The van der Waals surface area contributed by atoms with Crippen LogP contribution < -0.4 is 0 Å².